The zero-order valence-electron chi connectivity index (χ0n) is 14.1. The van der Waals surface area contributed by atoms with E-state index in [1.165, 1.54) is 22.7 Å². The summed E-state index contributed by atoms with van der Waals surface area (Å²) in [5.41, 5.74) is 0.399. The molecule has 2 aromatic heterocycles. The van der Waals surface area contributed by atoms with E-state index in [1.54, 1.807) is 17.0 Å². The maximum atomic E-state index is 12.2. The second-order valence-electron chi connectivity index (χ2n) is 6.60. The summed E-state index contributed by atoms with van der Waals surface area (Å²) in [4.78, 5) is 32.0. The SMILES string of the molecule is CC(C)(C)OC(=O)N1CCc2nc(NC(=O)c3ccc(Cl)s3)sc2C1. The Morgan fingerprint density at radius 3 is 2.72 bits per heavy atom. The average Bonchev–Trinajstić information content (AvgIpc) is 3.10. The molecule has 0 unspecified atom stereocenters. The van der Waals surface area contributed by atoms with Crippen LogP contribution in [0, 0.1) is 0 Å². The molecule has 134 valence electrons. The maximum absolute atomic E-state index is 12.2. The lowest BCUT2D eigenvalue weighted by atomic mass is 10.2. The number of ether oxygens (including phenoxy) is 1. The first kappa shape index (κ1) is 18.2. The number of nitrogens with zero attached hydrogens (tertiary/aromatic N) is 2. The summed E-state index contributed by atoms with van der Waals surface area (Å²) < 4.78 is 5.98. The molecule has 0 spiro atoms. The van der Waals surface area contributed by atoms with E-state index in [0.29, 0.717) is 33.9 Å². The highest BCUT2D eigenvalue weighted by Crippen LogP contribution is 2.30. The van der Waals surface area contributed by atoms with Crippen molar-refractivity contribution >= 4 is 51.4 Å². The van der Waals surface area contributed by atoms with Crippen molar-refractivity contribution in [3.05, 3.63) is 31.9 Å². The Bertz CT molecular complexity index is 810. The van der Waals surface area contributed by atoms with E-state index >= 15 is 0 Å². The Morgan fingerprint density at radius 2 is 2.08 bits per heavy atom. The summed E-state index contributed by atoms with van der Waals surface area (Å²) in [6, 6.07) is 3.37. The molecule has 0 aromatic carbocycles. The zero-order valence-corrected chi connectivity index (χ0v) is 16.5. The monoisotopic (exact) mass is 399 g/mol. The Labute approximate surface area is 158 Å². The lowest BCUT2D eigenvalue weighted by Gasteiger charge is -2.29. The number of thiophene rings is 1. The average molecular weight is 400 g/mol. The zero-order chi connectivity index (χ0) is 18.2. The van der Waals surface area contributed by atoms with Crippen molar-refractivity contribution in [2.45, 2.75) is 39.3 Å². The normalized spacial score (nSPS) is 14.2. The third-order valence-electron chi connectivity index (χ3n) is 3.40. The van der Waals surface area contributed by atoms with Gasteiger partial charge in [0.25, 0.3) is 5.91 Å². The Balaban J connectivity index is 1.66. The molecule has 0 atom stereocenters. The number of rotatable bonds is 2. The second-order valence-corrected chi connectivity index (χ2v) is 9.40. The predicted molar refractivity (Wildman–Crippen MR) is 99.7 cm³/mol. The van der Waals surface area contributed by atoms with Gasteiger partial charge in [0.2, 0.25) is 0 Å². The molecule has 1 aliphatic rings. The summed E-state index contributed by atoms with van der Waals surface area (Å²) in [5, 5.41) is 3.33. The van der Waals surface area contributed by atoms with Crippen LogP contribution in [0.2, 0.25) is 4.34 Å². The van der Waals surface area contributed by atoms with Crippen LogP contribution >= 0.6 is 34.3 Å². The van der Waals surface area contributed by atoms with Gasteiger partial charge in [-0.3, -0.25) is 10.1 Å². The number of hydrogen-bond donors (Lipinski definition) is 1. The summed E-state index contributed by atoms with van der Waals surface area (Å²) in [5.74, 6) is -0.230. The van der Waals surface area contributed by atoms with Gasteiger partial charge in [-0.05, 0) is 32.9 Å². The number of carbonyl (C=O) groups is 2. The molecule has 2 aromatic rings. The highest BCUT2D eigenvalue weighted by atomic mass is 35.5. The fraction of sp³-hybridized carbons (Fsp3) is 0.438. The molecule has 0 saturated heterocycles. The number of hydrogen-bond acceptors (Lipinski definition) is 6. The largest absolute Gasteiger partial charge is 0.444 e. The number of anilines is 1. The summed E-state index contributed by atoms with van der Waals surface area (Å²) in [6.07, 6.45) is 0.316. The van der Waals surface area contributed by atoms with Gasteiger partial charge in [0.05, 0.1) is 21.5 Å². The third kappa shape index (κ3) is 4.50. The topological polar surface area (TPSA) is 71.5 Å². The molecule has 3 rings (SSSR count). The molecule has 0 saturated carbocycles. The number of thiazole rings is 1. The van der Waals surface area contributed by atoms with Crippen LogP contribution in [-0.2, 0) is 17.7 Å². The number of carbonyl (C=O) groups excluding carboxylic acids is 2. The van der Waals surface area contributed by atoms with Crippen LogP contribution in [0.1, 0.15) is 41.0 Å². The lowest BCUT2D eigenvalue weighted by molar-refractivity contribution is 0.0225. The molecular formula is C16H18ClN3O3S2. The molecule has 3 heterocycles. The van der Waals surface area contributed by atoms with Crippen molar-refractivity contribution in [3.63, 3.8) is 0 Å². The maximum Gasteiger partial charge on any atom is 0.410 e. The number of aromatic nitrogens is 1. The third-order valence-corrected chi connectivity index (χ3v) is 5.63. The molecule has 1 aliphatic heterocycles. The standard InChI is InChI=1S/C16H18ClN3O3S2/c1-16(2,3)23-15(22)20-7-6-9-11(8-20)25-14(18-9)19-13(21)10-4-5-12(17)24-10/h4-5H,6-8H2,1-3H3,(H,18,19,21). The second kappa shape index (κ2) is 6.93. The highest BCUT2D eigenvalue weighted by molar-refractivity contribution is 7.18. The van der Waals surface area contributed by atoms with E-state index in [0.717, 1.165) is 10.6 Å². The van der Waals surface area contributed by atoms with Gasteiger partial charge >= 0.3 is 6.09 Å². The van der Waals surface area contributed by atoms with Crippen LogP contribution in [-0.4, -0.2) is 34.0 Å². The molecular weight excluding hydrogens is 382 g/mol. The van der Waals surface area contributed by atoms with Crippen molar-refractivity contribution in [3.8, 4) is 0 Å². The van der Waals surface area contributed by atoms with Crippen molar-refractivity contribution in [1.82, 2.24) is 9.88 Å². The molecule has 6 nitrogen and oxygen atoms in total. The molecule has 0 fully saturated rings. The van der Waals surface area contributed by atoms with Crippen LogP contribution in [0.5, 0.6) is 0 Å². The van der Waals surface area contributed by atoms with Crippen LogP contribution in [0.25, 0.3) is 0 Å². The quantitative estimate of drug-likeness (QED) is 0.812. The van der Waals surface area contributed by atoms with Crippen LogP contribution in [0.3, 0.4) is 0 Å². The van der Waals surface area contributed by atoms with Gasteiger partial charge in [-0.1, -0.05) is 22.9 Å². The smallest absolute Gasteiger partial charge is 0.410 e. The Hall–Kier alpha value is -1.64. The van der Waals surface area contributed by atoms with E-state index in [9.17, 15) is 9.59 Å². The molecule has 9 heteroatoms. The van der Waals surface area contributed by atoms with Crippen LogP contribution in [0.4, 0.5) is 9.93 Å². The summed E-state index contributed by atoms with van der Waals surface area (Å²) >= 11 is 8.46. The van der Waals surface area contributed by atoms with Gasteiger partial charge in [0.1, 0.15) is 5.60 Å². The van der Waals surface area contributed by atoms with Crippen molar-refractivity contribution in [1.29, 1.82) is 0 Å². The highest BCUT2D eigenvalue weighted by Gasteiger charge is 2.28. The van der Waals surface area contributed by atoms with Gasteiger partial charge in [0.15, 0.2) is 5.13 Å². The first-order valence-corrected chi connectivity index (χ1v) is 9.75. The van der Waals surface area contributed by atoms with Gasteiger partial charge in [0, 0.05) is 17.8 Å². The number of nitrogens with one attached hydrogen (secondary N) is 1. The van der Waals surface area contributed by atoms with Crippen molar-refractivity contribution in [2.24, 2.45) is 0 Å². The predicted octanol–water partition coefficient (Wildman–Crippen LogP) is 4.40. The first-order valence-electron chi connectivity index (χ1n) is 7.74. The molecule has 2 amide bonds. The molecule has 0 radical (unpaired) electrons. The minimum Gasteiger partial charge on any atom is -0.444 e. The first-order chi connectivity index (χ1) is 11.7. The van der Waals surface area contributed by atoms with Crippen molar-refractivity contribution < 1.29 is 14.3 Å². The molecule has 1 N–H and O–H groups in total. The lowest BCUT2D eigenvalue weighted by Crippen LogP contribution is -2.39. The minimum atomic E-state index is -0.522. The van der Waals surface area contributed by atoms with Gasteiger partial charge in [-0.25, -0.2) is 9.78 Å². The summed E-state index contributed by atoms with van der Waals surface area (Å²) in [6.45, 7) is 6.54. The summed E-state index contributed by atoms with van der Waals surface area (Å²) in [7, 11) is 0. The van der Waals surface area contributed by atoms with Gasteiger partial charge in [-0.15, -0.1) is 11.3 Å². The molecule has 0 aliphatic carbocycles. The van der Waals surface area contributed by atoms with E-state index in [-0.39, 0.29) is 12.0 Å². The van der Waals surface area contributed by atoms with E-state index in [4.69, 9.17) is 16.3 Å². The molecule has 25 heavy (non-hydrogen) atoms. The number of amides is 2. The van der Waals surface area contributed by atoms with Gasteiger partial charge in [-0.2, -0.15) is 0 Å². The molecule has 0 bridgehead atoms. The fourth-order valence-electron chi connectivity index (χ4n) is 2.33. The van der Waals surface area contributed by atoms with E-state index in [2.05, 4.69) is 10.3 Å². The van der Waals surface area contributed by atoms with Gasteiger partial charge < -0.3 is 9.64 Å². The Morgan fingerprint density at radius 1 is 1.32 bits per heavy atom. The van der Waals surface area contributed by atoms with Crippen LogP contribution < -0.4 is 5.32 Å². The fourth-order valence-corrected chi connectivity index (χ4v) is 4.28. The minimum absolute atomic E-state index is 0.230. The number of halogens is 1. The van der Waals surface area contributed by atoms with Crippen LogP contribution in [0.15, 0.2) is 12.1 Å². The number of fused-ring (bicyclic) bond motifs is 1. The van der Waals surface area contributed by atoms with Crippen molar-refractivity contribution in [2.75, 3.05) is 11.9 Å². The van der Waals surface area contributed by atoms with E-state index in [1.807, 2.05) is 20.8 Å². The van der Waals surface area contributed by atoms with E-state index < -0.39 is 5.60 Å². The Kier molecular flexibility index (Phi) is 5.04.